The topological polar surface area (TPSA) is 87.4 Å². The third kappa shape index (κ3) is 4.22. The third-order valence-electron chi connectivity index (χ3n) is 2.65. The minimum Gasteiger partial charge on any atom is -0.507 e. The molecule has 0 fully saturated rings. The Morgan fingerprint density at radius 3 is 2.36 bits per heavy atom. The molecule has 1 N–H and O–H groups in total. The van der Waals surface area contributed by atoms with Gasteiger partial charge in [0.2, 0.25) is 0 Å². The zero-order valence-electron chi connectivity index (χ0n) is 11.0. The van der Waals surface area contributed by atoms with E-state index in [4.69, 9.17) is 9.44 Å². The Hall–Kier alpha value is -1.56. The molecule has 0 spiro atoms. The molecule has 2 rings (SSSR count). The highest BCUT2D eigenvalue weighted by atomic mass is 79.9. The van der Waals surface area contributed by atoms with E-state index < -0.39 is 15.9 Å². The van der Waals surface area contributed by atoms with Gasteiger partial charge < -0.3 is 9.29 Å². The third-order valence-corrected chi connectivity index (χ3v) is 5.14. The van der Waals surface area contributed by atoms with Crippen LogP contribution in [0, 0.1) is 11.3 Å². The summed E-state index contributed by atoms with van der Waals surface area (Å²) in [5.74, 6) is -0.350. The second-order valence-electron chi connectivity index (χ2n) is 4.32. The Labute approximate surface area is 144 Å². The lowest BCUT2D eigenvalue weighted by Gasteiger charge is -2.09. The van der Waals surface area contributed by atoms with Crippen molar-refractivity contribution in [1.82, 2.24) is 0 Å². The Morgan fingerprint density at radius 2 is 1.77 bits per heavy atom. The van der Waals surface area contributed by atoms with Crippen molar-refractivity contribution in [1.29, 1.82) is 5.26 Å². The number of phenols is 1. The van der Waals surface area contributed by atoms with E-state index in [9.17, 15) is 13.5 Å². The van der Waals surface area contributed by atoms with Crippen LogP contribution in [0.1, 0.15) is 11.1 Å². The first kappa shape index (κ1) is 16.8. The molecule has 0 saturated heterocycles. The molecular weight excluding hydrogens is 438 g/mol. The number of benzene rings is 2. The first-order valence-electron chi connectivity index (χ1n) is 5.90. The monoisotopic (exact) mass is 445 g/mol. The number of nitriles is 1. The van der Waals surface area contributed by atoms with Crippen molar-refractivity contribution in [2.24, 2.45) is 0 Å². The van der Waals surface area contributed by atoms with Crippen molar-refractivity contribution in [3.63, 3.8) is 0 Å². The summed E-state index contributed by atoms with van der Waals surface area (Å²) in [6.07, 6.45) is 0. The van der Waals surface area contributed by atoms with Crippen LogP contribution in [0.4, 0.5) is 0 Å². The van der Waals surface area contributed by atoms with Gasteiger partial charge in [-0.15, -0.1) is 0 Å². The average Bonchev–Trinajstić information content (AvgIpc) is 2.45. The van der Waals surface area contributed by atoms with Crippen LogP contribution >= 0.6 is 31.9 Å². The maximum absolute atomic E-state index is 12.1. The highest BCUT2D eigenvalue weighted by Gasteiger charge is 2.17. The van der Waals surface area contributed by atoms with E-state index in [0.29, 0.717) is 20.1 Å². The van der Waals surface area contributed by atoms with Gasteiger partial charge in [0.25, 0.3) is 0 Å². The van der Waals surface area contributed by atoms with Crippen LogP contribution in [0.2, 0.25) is 0 Å². The SMILES string of the molecule is N#Cc1ccc(OS(=O)(=O)Cc2cc(O)c(Br)cc2Br)cc1. The van der Waals surface area contributed by atoms with Gasteiger partial charge in [-0.25, -0.2) is 0 Å². The van der Waals surface area contributed by atoms with Gasteiger partial charge in [0.15, 0.2) is 0 Å². The van der Waals surface area contributed by atoms with E-state index in [1.54, 1.807) is 6.07 Å². The van der Waals surface area contributed by atoms with Crippen molar-refractivity contribution in [3.8, 4) is 17.6 Å². The molecule has 5 nitrogen and oxygen atoms in total. The smallest absolute Gasteiger partial charge is 0.313 e. The molecule has 2 aromatic carbocycles. The van der Waals surface area contributed by atoms with Gasteiger partial charge in [-0.05, 0) is 57.9 Å². The van der Waals surface area contributed by atoms with E-state index in [1.165, 1.54) is 30.3 Å². The molecule has 0 amide bonds. The fourth-order valence-electron chi connectivity index (χ4n) is 1.64. The summed E-state index contributed by atoms with van der Waals surface area (Å²) in [4.78, 5) is 0. The van der Waals surface area contributed by atoms with E-state index in [1.807, 2.05) is 6.07 Å². The van der Waals surface area contributed by atoms with Crippen molar-refractivity contribution in [2.45, 2.75) is 5.75 Å². The molecule has 0 aromatic heterocycles. The van der Waals surface area contributed by atoms with Crippen LogP contribution in [0.5, 0.6) is 11.5 Å². The van der Waals surface area contributed by atoms with Crippen LogP contribution in [0.15, 0.2) is 45.3 Å². The lowest BCUT2D eigenvalue weighted by atomic mass is 10.2. The maximum atomic E-state index is 12.1. The Kier molecular flexibility index (Phi) is 5.11. The van der Waals surface area contributed by atoms with Crippen LogP contribution in [-0.4, -0.2) is 13.5 Å². The average molecular weight is 447 g/mol. The first-order valence-corrected chi connectivity index (χ1v) is 9.06. The summed E-state index contributed by atoms with van der Waals surface area (Å²) in [6.45, 7) is 0. The van der Waals surface area contributed by atoms with Gasteiger partial charge in [0, 0.05) is 4.47 Å². The maximum Gasteiger partial charge on any atom is 0.313 e. The number of aromatic hydroxyl groups is 1. The Balaban J connectivity index is 2.21. The molecule has 22 heavy (non-hydrogen) atoms. The molecule has 114 valence electrons. The molecular formula is C14H9Br2NO4S. The lowest BCUT2D eigenvalue weighted by molar-refractivity contribution is 0.470. The van der Waals surface area contributed by atoms with Crippen molar-refractivity contribution in [3.05, 3.63) is 56.5 Å². The number of halogens is 2. The molecule has 0 saturated carbocycles. The zero-order valence-corrected chi connectivity index (χ0v) is 14.9. The molecule has 0 unspecified atom stereocenters. The summed E-state index contributed by atoms with van der Waals surface area (Å²) in [5, 5.41) is 18.3. The number of nitrogens with zero attached hydrogens (tertiary/aromatic N) is 1. The standard InChI is InChI=1S/C14H9Br2NO4S/c15-12-6-13(16)14(18)5-10(12)8-22(19,20)21-11-3-1-9(7-17)2-4-11/h1-6,18H,8H2. The predicted octanol–water partition coefficient (Wildman–Crippen LogP) is 3.70. The number of hydrogen-bond acceptors (Lipinski definition) is 5. The number of phenolic OH excluding ortho intramolecular Hbond substituents is 1. The summed E-state index contributed by atoms with van der Waals surface area (Å²) < 4.78 is 30.1. The van der Waals surface area contributed by atoms with Gasteiger partial charge in [-0.3, -0.25) is 0 Å². The van der Waals surface area contributed by atoms with E-state index in [2.05, 4.69) is 31.9 Å². The molecule has 0 bridgehead atoms. The Morgan fingerprint density at radius 1 is 1.14 bits per heavy atom. The predicted molar refractivity (Wildman–Crippen MR) is 87.9 cm³/mol. The molecule has 2 aromatic rings. The molecule has 0 aliphatic rings. The fourth-order valence-corrected chi connectivity index (χ4v) is 4.05. The summed E-state index contributed by atoms with van der Waals surface area (Å²) in [5.41, 5.74) is 0.777. The highest BCUT2D eigenvalue weighted by molar-refractivity contribution is 9.11. The van der Waals surface area contributed by atoms with E-state index in [0.717, 1.165) is 0 Å². The molecule has 0 aliphatic carbocycles. The minimum absolute atomic E-state index is 0.0632. The van der Waals surface area contributed by atoms with Gasteiger partial charge in [-0.2, -0.15) is 13.7 Å². The normalized spacial score (nSPS) is 11.0. The second-order valence-corrected chi connectivity index (χ2v) is 7.60. The van der Waals surface area contributed by atoms with Crippen molar-refractivity contribution >= 4 is 42.0 Å². The minimum atomic E-state index is -3.90. The molecule has 0 radical (unpaired) electrons. The molecule has 8 heteroatoms. The summed E-state index contributed by atoms with van der Waals surface area (Å²) in [7, 11) is -3.90. The van der Waals surface area contributed by atoms with Crippen LogP contribution < -0.4 is 4.18 Å². The summed E-state index contributed by atoms with van der Waals surface area (Å²) >= 11 is 6.38. The number of rotatable bonds is 4. The van der Waals surface area contributed by atoms with E-state index >= 15 is 0 Å². The van der Waals surface area contributed by atoms with Gasteiger partial charge in [-0.1, -0.05) is 15.9 Å². The Bertz CT molecular complexity index is 842. The summed E-state index contributed by atoms with van der Waals surface area (Å²) in [6, 6.07) is 10.6. The van der Waals surface area contributed by atoms with Crippen molar-refractivity contribution in [2.75, 3.05) is 0 Å². The largest absolute Gasteiger partial charge is 0.507 e. The van der Waals surface area contributed by atoms with E-state index in [-0.39, 0.29) is 11.5 Å². The fraction of sp³-hybridized carbons (Fsp3) is 0.0714. The zero-order chi connectivity index (χ0) is 16.3. The molecule has 0 aliphatic heterocycles. The van der Waals surface area contributed by atoms with Gasteiger partial charge in [0.05, 0.1) is 16.1 Å². The lowest BCUT2D eigenvalue weighted by Crippen LogP contribution is -2.12. The quantitative estimate of drug-likeness (QED) is 0.723. The van der Waals surface area contributed by atoms with Crippen LogP contribution in [0.25, 0.3) is 0 Å². The molecule has 0 atom stereocenters. The van der Waals surface area contributed by atoms with Gasteiger partial charge >= 0.3 is 10.1 Å². The van der Waals surface area contributed by atoms with Crippen LogP contribution in [-0.2, 0) is 15.9 Å². The molecule has 0 heterocycles. The van der Waals surface area contributed by atoms with Gasteiger partial charge in [0.1, 0.15) is 17.3 Å². The number of hydrogen-bond donors (Lipinski definition) is 1. The van der Waals surface area contributed by atoms with Crippen molar-refractivity contribution < 1.29 is 17.7 Å². The highest BCUT2D eigenvalue weighted by Crippen LogP contribution is 2.32. The first-order chi connectivity index (χ1) is 10.3. The second kappa shape index (κ2) is 6.69. The van der Waals surface area contributed by atoms with Crippen LogP contribution in [0.3, 0.4) is 0 Å².